The molecule has 0 aliphatic carbocycles. The molecule has 0 saturated heterocycles. The molecule has 3 N–H and O–H groups in total. The van der Waals surface area contributed by atoms with Gasteiger partial charge in [0.25, 0.3) is 6.43 Å². The van der Waals surface area contributed by atoms with E-state index in [1.807, 2.05) is 0 Å². The Labute approximate surface area is 78.4 Å². The molecule has 0 saturated carbocycles. The Morgan fingerprint density at radius 2 is 2.29 bits per heavy atom. The number of nitrogens with zero attached hydrogens (tertiary/aromatic N) is 1. The van der Waals surface area contributed by atoms with Gasteiger partial charge in [-0.05, 0) is 11.6 Å². The van der Waals surface area contributed by atoms with Crippen molar-refractivity contribution in [1.29, 1.82) is 0 Å². The smallest absolute Gasteiger partial charge is 0.354 e. The number of carboxylic acids is 1. The van der Waals surface area contributed by atoms with Crippen LogP contribution in [-0.4, -0.2) is 16.1 Å². The number of carbonyl (C=O) groups is 1. The molecular formula is C8H8F2N2O2. The zero-order valence-electron chi connectivity index (χ0n) is 7.08. The van der Waals surface area contributed by atoms with Crippen LogP contribution in [0.5, 0.6) is 0 Å². The van der Waals surface area contributed by atoms with E-state index in [-0.39, 0.29) is 12.1 Å². The fraction of sp³-hybridized carbons (Fsp3) is 0.250. The molecule has 1 aromatic rings. The van der Waals surface area contributed by atoms with E-state index in [0.717, 1.165) is 6.20 Å². The van der Waals surface area contributed by atoms with Crippen LogP contribution in [-0.2, 0) is 6.54 Å². The van der Waals surface area contributed by atoms with Crippen molar-refractivity contribution in [1.82, 2.24) is 4.98 Å². The molecule has 14 heavy (non-hydrogen) atoms. The first kappa shape index (κ1) is 10.5. The Bertz CT molecular complexity index is 355. The summed E-state index contributed by atoms with van der Waals surface area (Å²) in [4.78, 5) is 13.9. The Balaban J connectivity index is 3.35. The lowest BCUT2D eigenvalue weighted by molar-refractivity contribution is 0.0676. The molecule has 0 unspecified atom stereocenters. The van der Waals surface area contributed by atoms with Crippen LogP contribution in [0.3, 0.4) is 0 Å². The molecule has 0 aromatic carbocycles. The highest BCUT2D eigenvalue weighted by Crippen LogP contribution is 2.25. The first-order valence-electron chi connectivity index (χ1n) is 3.77. The van der Waals surface area contributed by atoms with Gasteiger partial charge in [0.2, 0.25) is 0 Å². The summed E-state index contributed by atoms with van der Waals surface area (Å²) in [7, 11) is 0. The number of carboxylic acid groups (broad SMARTS) is 1. The molecule has 1 rings (SSSR count). The van der Waals surface area contributed by atoms with Gasteiger partial charge in [-0.3, -0.25) is 0 Å². The highest BCUT2D eigenvalue weighted by Gasteiger charge is 2.22. The molecule has 0 radical (unpaired) electrons. The number of aromatic nitrogens is 1. The molecule has 0 fully saturated rings. The molecule has 4 nitrogen and oxygen atoms in total. The second kappa shape index (κ2) is 4.10. The average molecular weight is 202 g/mol. The SMILES string of the molecule is NCc1ccnc(C(=O)O)c1C(F)F. The van der Waals surface area contributed by atoms with E-state index in [0.29, 0.717) is 0 Å². The summed E-state index contributed by atoms with van der Waals surface area (Å²) >= 11 is 0. The molecule has 76 valence electrons. The van der Waals surface area contributed by atoms with E-state index in [2.05, 4.69) is 4.98 Å². The molecule has 0 aliphatic heterocycles. The Morgan fingerprint density at radius 1 is 1.64 bits per heavy atom. The van der Waals surface area contributed by atoms with Crippen LogP contribution in [0.4, 0.5) is 8.78 Å². The third kappa shape index (κ3) is 1.85. The molecule has 6 heteroatoms. The summed E-state index contributed by atoms with van der Waals surface area (Å²) in [5, 5.41) is 8.60. The van der Waals surface area contributed by atoms with Gasteiger partial charge in [0.05, 0.1) is 5.56 Å². The molecule has 0 spiro atoms. The monoisotopic (exact) mass is 202 g/mol. The maximum atomic E-state index is 12.5. The fourth-order valence-electron chi connectivity index (χ4n) is 1.11. The van der Waals surface area contributed by atoms with E-state index in [1.165, 1.54) is 6.07 Å². The van der Waals surface area contributed by atoms with E-state index < -0.39 is 23.7 Å². The lowest BCUT2D eigenvalue weighted by Gasteiger charge is -2.08. The van der Waals surface area contributed by atoms with Crippen LogP contribution in [0.25, 0.3) is 0 Å². The van der Waals surface area contributed by atoms with Crippen molar-refractivity contribution >= 4 is 5.97 Å². The second-order valence-corrected chi connectivity index (χ2v) is 2.54. The fourth-order valence-corrected chi connectivity index (χ4v) is 1.11. The van der Waals surface area contributed by atoms with Crippen molar-refractivity contribution in [2.75, 3.05) is 0 Å². The van der Waals surface area contributed by atoms with Gasteiger partial charge in [0.1, 0.15) is 0 Å². The van der Waals surface area contributed by atoms with Crippen LogP contribution in [0.15, 0.2) is 12.3 Å². The molecule has 1 aromatic heterocycles. The zero-order valence-corrected chi connectivity index (χ0v) is 7.08. The van der Waals surface area contributed by atoms with Gasteiger partial charge >= 0.3 is 5.97 Å². The standard InChI is InChI=1S/C8H8F2N2O2/c9-7(10)5-4(3-11)1-2-12-6(5)8(13)14/h1-2,7H,3,11H2,(H,13,14). The van der Waals surface area contributed by atoms with Crippen molar-refractivity contribution in [2.24, 2.45) is 5.73 Å². The molecule has 0 bridgehead atoms. The van der Waals surface area contributed by atoms with Crippen molar-refractivity contribution < 1.29 is 18.7 Å². The molecule has 0 atom stereocenters. The van der Waals surface area contributed by atoms with Crippen LogP contribution < -0.4 is 5.73 Å². The predicted molar refractivity (Wildman–Crippen MR) is 44.0 cm³/mol. The largest absolute Gasteiger partial charge is 0.476 e. The number of alkyl halides is 2. The summed E-state index contributed by atoms with van der Waals surface area (Å²) in [5.41, 5.74) is 4.08. The maximum absolute atomic E-state index is 12.5. The topological polar surface area (TPSA) is 76.2 Å². The molecule has 0 aliphatic rings. The quantitative estimate of drug-likeness (QED) is 0.771. The third-order valence-electron chi connectivity index (χ3n) is 1.72. The van der Waals surface area contributed by atoms with Gasteiger partial charge in [0, 0.05) is 12.7 Å². The van der Waals surface area contributed by atoms with Gasteiger partial charge in [-0.2, -0.15) is 0 Å². The average Bonchev–Trinajstić information content (AvgIpc) is 2.16. The number of nitrogens with two attached hydrogens (primary N) is 1. The first-order chi connectivity index (χ1) is 6.57. The Hall–Kier alpha value is -1.56. The van der Waals surface area contributed by atoms with Gasteiger partial charge in [-0.1, -0.05) is 0 Å². The van der Waals surface area contributed by atoms with Crippen LogP contribution in [0.2, 0.25) is 0 Å². The molecule has 1 heterocycles. The molecule has 0 amide bonds. The number of pyridine rings is 1. The summed E-state index contributed by atoms with van der Waals surface area (Å²) in [6, 6.07) is 1.29. The minimum atomic E-state index is -2.88. The van der Waals surface area contributed by atoms with Gasteiger partial charge < -0.3 is 10.8 Å². The highest BCUT2D eigenvalue weighted by molar-refractivity contribution is 5.87. The minimum Gasteiger partial charge on any atom is -0.476 e. The number of hydrogen-bond donors (Lipinski definition) is 2. The van der Waals surface area contributed by atoms with E-state index in [1.54, 1.807) is 0 Å². The second-order valence-electron chi connectivity index (χ2n) is 2.54. The van der Waals surface area contributed by atoms with Gasteiger partial charge in [0.15, 0.2) is 5.69 Å². The Morgan fingerprint density at radius 3 is 2.71 bits per heavy atom. The van der Waals surface area contributed by atoms with Crippen molar-refractivity contribution in [3.05, 3.63) is 29.1 Å². The predicted octanol–water partition coefficient (Wildman–Crippen LogP) is 1.18. The first-order valence-corrected chi connectivity index (χ1v) is 3.77. The van der Waals surface area contributed by atoms with Crippen molar-refractivity contribution in [3.8, 4) is 0 Å². The van der Waals surface area contributed by atoms with E-state index >= 15 is 0 Å². The zero-order chi connectivity index (χ0) is 10.7. The van der Waals surface area contributed by atoms with Gasteiger partial charge in [-0.25, -0.2) is 18.6 Å². The number of rotatable bonds is 3. The van der Waals surface area contributed by atoms with E-state index in [4.69, 9.17) is 10.8 Å². The van der Waals surface area contributed by atoms with Crippen molar-refractivity contribution in [2.45, 2.75) is 13.0 Å². The Kier molecular flexibility index (Phi) is 3.08. The minimum absolute atomic E-state index is 0.104. The van der Waals surface area contributed by atoms with Gasteiger partial charge in [-0.15, -0.1) is 0 Å². The normalized spacial score (nSPS) is 10.6. The lowest BCUT2D eigenvalue weighted by Crippen LogP contribution is -2.11. The highest BCUT2D eigenvalue weighted by atomic mass is 19.3. The lowest BCUT2D eigenvalue weighted by atomic mass is 10.1. The number of hydrogen-bond acceptors (Lipinski definition) is 3. The van der Waals surface area contributed by atoms with E-state index in [9.17, 15) is 13.6 Å². The summed E-state index contributed by atoms with van der Waals surface area (Å²) in [5.74, 6) is -1.48. The summed E-state index contributed by atoms with van der Waals surface area (Å²) in [6.07, 6.45) is -1.73. The van der Waals surface area contributed by atoms with Crippen LogP contribution >= 0.6 is 0 Å². The number of aromatic carboxylic acids is 1. The maximum Gasteiger partial charge on any atom is 0.354 e. The summed E-state index contributed by atoms with van der Waals surface area (Å²) in [6.45, 7) is -0.136. The van der Waals surface area contributed by atoms with Crippen LogP contribution in [0, 0.1) is 0 Å². The third-order valence-corrected chi connectivity index (χ3v) is 1.72. The van der Waals surface area contributed by atoms with Crippen molar-refractivity contribution in [3.63, 3.8) is 0 Å². The molecular weight excluding hydrogens is 194 g/mol. The number of halogens is 2. The van der Waals surface area contributed by atoms with Crippen LogP contribution in [0.1, 0.15) is 28.0 Å². The summed E-state index contributed by atoms with van der Waals surface area (Å²) < 4.78 is 25.0.